The molecule has 0 radical (unpaired) electrons. The van der Waals surface area contributed by atoms with E-state index in [0.717, 1.165) is 0 Å². The second kappa shape index (κ2) is 4.39. The van der Waals surface area contributed by atoms with Gasteiger partial charge in [0, 0.05) is 0 Å². The Labute approximate surface area is 81.1 Å². The number of esters is 2. The summed E-state index contributed by atoms with van der Waals surface area (Å²) in [6.07, 6.45) is -2.70. The van der Waals surface area contributed by atoms with E-state index in [9.17, 15) is 9.59 Å². The van der Waals surface area contributed by atoms with Crippen LogP contribution >= 0.6 is 0 Å². The topological polar surface area (TPSA) is 71.1 Å². The first-order valence-electron chi connectivity index (χ1n) is 4.06. The number of hydrogen-bond donors (Lipinski definition) is 0. The van der Waals surface area contributed by atoms with Gasteiger partial charge in [0.2, 0.25) is 0 Å². The molecule has 0 spiro atoms. The molecule has 2 atom stereocenters. The maximum Gasteiger partial charge on any atom is 0.338 e. The molecule has 0 aromatic rings. The number of carbonyl (C=O) groups excluding carboxylic acids is 2. The molecule has 6 nitrogen and oxygen atoms in total. The number of ether oxygens (including phenoxy) is 4. The molecule has 0 bridgehead atoms. The van der Waals surface area contributed by atoms with E-state index in [1.54, 1.807) is 6.92 Å². The van der Waals surface area contributed by atoms with Crippen molar-refractivity contribution in [1.29, 1.82) is 0 Å². The summed E-state index contributed by atoms with van der Waals surface area (Å²) in [5.41, 5.74) is 0. The number of carbonyl (C=O) groups is 2. The van der Waals surface area contributed by atoms with E-state index in [1.165, 1.54) is 14.2 Å². The Hall–Kier alpha value is -1.14. The molecule has 6 heteroatoms. The molecular weight excluding hydrogens is 192 g/mol. The molecule has 1 saturated heterocycles. The minimum atomic E-state index is -1.04. The first-order valence-corrected chi connectivity index (χ1v) is 4.06. The van der Waals surface area contributed by atoms with Gasteiger partial charge in [0.25, 0.3) is 0 Å². The van der Waals surface area contributed by atoms with Crippen LogP contribution in [-0.4, -0.2) is 44.7 Å². The van der Waals surface area contributed by atoms with Crippen LogP contribution < -0.4 is 0 Å². The second-order valence-corrected chi connectivity index (χ2v) is 2.73. The maximum atomic E-state index is 11.2. The van der Waals surface area contributed by atoms with Crippen molar-refractivity contribution in [2.45, 2.75) is 25.4 Å². The van der Waals surface area contributed by atoms with Crippen molar-refractivity contribution in [2.24, 2.45) is 0 Å². The van der Waals surface area contributed by atoms with E-state index in [4.69, 9.17) is 9.47 Å². The minimum Gasteiger partial charge on any atom is -0.467 e. The average molecular weight is 204 g/mol. The highest BCUT2D eigenvalue weighted by Crippen LogP contribution is 2.20. The smallest absolute Gasteiger partial charge is 0.338 e. The summed E-state index contributed by atoms with van der Waals surface area (Å²) in [5.74, 6) is -1.30. The van der Waals surface area contributed by atoms with Gasteiger partial charge in [-0.3, -0.25) is 0 Å². The Morgan fingerprint density at radius 1 is 1.00 bits per heavy atom. The van der Waals surface area contributed by atoms with Crippen molar-refractivity contribution < 1.29 is 28.5 Å². The molecule has 1 fully saturated rings. The number of rotatable bonds is 2. The minimum absolute atomic E-state index is 0.622. The molecule has 0 saturated carbocycles. The predicted molar refractivity (Wildman–Crippen MR) is 43.2 cm³/mol. The molecule has 0 aliphatic carbocycles. The molecule has 1 rings (SSSR count). The lowest BCUT2D eigenvalue weighted by atomic mass is 10.2. The summed E-state index contributed by atoms with van der Waals surface area (Å²) in [4.78, 5) is 22.3. The summed E-state index contributed by atoms with van der Waals surface area (Å²) < 4.78 is 19.0. The molecule has 0 N–H and O–H groups in total. The van der Waals surface area contributed by atoms with E-state index in [-0.39, 0.29) is 0 Å². The second-order valence-electron chi connectivity index (χ2n) is 2.73. The fourth-order valence-corrected chi connectivity index (χ4v) is 1.18. The first-order chi connectivity index (χ1) is 6.60. The summed E-state index contributed by atoms with van der Waals surface area (Å²) >= 11 is 0. The molecule has 1 heterocycles. The lowest BCUT2D eigenvalue weighted by Gasteiger charge is -2.11. The lowest BCUT2D eigenvalue weighted by molar-refractivity contribution is -0.160. The molecule has 0 aromatic carbocycles. The first kappa shape index (κ1) is 10.9. The Balaban J connectivity index is 2.72. The van der Waals surface area contributed by atoms with Gasteiger partial charge in [0.1, 0.15) is 0 Å². The van der Waals surface area contributed by atoms with Crippen LogP contribution in [0.3, 0.4) is 0 Å². The third-order valence-electron chi connectivity index (χ3n) is 1.82. The maximum absolute atomic E-state index is 11.2. The van der Waals surface area contributed by atoms with Gasteiger partial charge in [-0.25, -0.2) is 9.59 Å². The van der Waals surface area contributed by atoms with E-state index in [2.05, 4.69) is 9.47 Å². The summed E-state index contributed by atoms with van der Waals surface area (Å²) in [6.45, 7) is 1.58. The van der Waals surface area contributed by atoms with Crippen molar-refractivity contribution in [3.63, 3.8) is 0 Å². The summed E-state index contributed by atoms with van der Waals surface area (Å²) in [7, 11) is 2.42. The van der Waals surface area contributed by atoms with Gasteiger partial charge in [0.15, 0.2) is 18.5 Å². The molecular formula is C8H12O6. The predicted octanol–water partition coefficient (Wildman–Crippen LogP) is -0.538. The highest BCUT2D eigenvalue weighted by Gasteiger charge is 2.45. The zero-order valence-corrected chi connectivity index (χ0v) is 8.18. The van der Waals surface area contributed by atoms with Gasteiger partial charge in [-0.15, -0.1) is 0 Å². The van der Waals surface area contributed by atoms with E-state index >= 15 is 0 Å². The molecule has 0 amide bonds. The van der Waals surface area contributed by atoms with Crippen molar-refractivity contribution in [2.75, 3.05) is 14.2 Å². The molecule has 0 aromatic heterocycles. The molecule has 14 heavy (non-hydrogen) atoms. The Morgan fingerprint density at radius 2 is 1.36 bits per heavy atom. The highest BCUT2D eigenvalue weighted by atomic mass is 16.8. The van der Waals surface area contributed by atoms with E-state index < -0.39 is 30.4 Å². The largest absolute Gasteiger partial charge is 0.467 e. The van der Waals surface area contributed by atoms with Crippen LogP contribution in [0, 0.1) is 0 Å². The van der Waals surface area contributed by atoms with E-state index in [1.807, 2.05) is 0 Å². The SMILES string of the molecule is COC(=O)[C@@H]1OC(C)O[C@H]1C(=O)OC. The average Bonchev–Trinajstić information content (AvgIpc) is 2.58. The van der Waals surface area contributed by atoms with Crippen molar-refractivity contribution in [1.82, 2.24) is 0 Å². The normalized spacial score (nSPS) is 27.4. The lowest BCUT2D eigenvalue weighted by Crippen LogP contribution is -2.38. The van der Waals surface area contributed by atoms with Gasteiger partial charge in [-0.05, 0) is 6.92 Å². The Morgan fingerprint density at radius 3 is 1.64 bits per heavy atom. The Bertz CT molecular complexity index is 214. The van der Waals surface area contributed by atoms with Crippen LogP contribution in [0.1, 0.15) is 6.92 Å². The molecule has 1 aliphatic heterocycles. The zero-order chi connectivity index (χ0) is 10.7. The van der Waals surface area contributed by atoms with Gasteiger partial charge < -0.3 is 18.9 Å². The summed E-state index contributed by atoms with van der Waals surface area (Å²) in [6, 6.07) is 0. The van der Waals surface area contributed by atoms with E-state index in [0.29, 0.717) is 0 Å². The fourth-order valence-electron chi connectivity index (χ4n) is 1.18. The van der Waals surface area contributed by atoms with Gasteiger partial charge >= 0.3 is 11.9 Å². The molecule has 0 unspecified atom stereocenters. The van der Waals surface area contributed by atoms with Crippen molar-refractivity contribution in [3.8, 4) is 0 Å². The van der Waals surface area contributed by atoms with Crippen molar-refractivity contribution >= 4 is 11.9 Å². The van der Waals surface area contributed by atoms with Gasteiger partial charge in [-0.2, -0.15) is 0 Å². The quantitative estimate of drug-likeness (QED) is 0.563. The fraction of sp³-hybridized carbons (Fsp3) is 0.750. The Kier molecular flexibility index (Phi) is 3.43. The number of methoxy groups -OCH3 is 2. The molecule has 80 valence electrons. The van der Waals surface area contributed by atoms with Gasteiger partial charge in [-0.1, -0.05) is 0 Å². The zero-order valence-electron chi connectivity index (χ0n) is 8.18. The number of hydrogen-bond acceptors (Lipinski definition) is 6. The summed E-state index contributed by atoms with van der Waals surface area (Å²) in [5, 5.41) is 0. The van der Waals surface area contributed by atoms with Crippen molar-refractivity contribution in [3.05, 3.63) is 0 Å². The monoisotopic (exact) mass is 204 g/mol. The van der Waals surface area contributed by atoms with Crippen LogP contribution in [0.5, 0.6) is 0 Å². The third-order valence-corrected chi connectivity index (χ3v) is 1.82. The highest BCUT2D eigenvalue weighted by molar-refractivity contribution is 5.86. The van der Waals surface area contributed by atoms with Crippen LogP contribution in [-0.2, 0) is 28.5 Å². The van der Waals surface area contributed by atoms with Crippen LogP contribution in [0.15, 0.2) is 0 Å². The van der Waals surface area contributed by atoms with Crippen LogP contribution in [0.2, 0.25) is 0 Å². The standard InChI is InChI=1S/C8H12O6/c1-4-13-5(7(9)11-2)6(14-4)8(10)12-3/h4-6H,1-3H3/t5-,6-/m1/s1. The molecule has 1 aliphatic rings. The van der Waals surface area contributed by atoms with Crippen LogP contribution in [0.4, 0.5) is 0 Å². The van der Waals surface area contributed by atoms with Crippen LogP contribution in [0.25, 0.3) is 0 Å². The third kappa shape index (κ3) is 2.02. The van der Waals surface area contributed by atoms with Gasteiger partial charge in [0.05, 0.1) is 14.2 Å².